The van der Waals surface area contributed by atoms with Crippen molar-refractivity contribution in [1.29, 1.82) is 0 Å². The van der Waals surface area contributed by atoms with Gasteiger partial charge >= 0.3 is 0 Å². The Labute approximate surface area is 107 Å². The monoisotopic (exact) mass is 260 g/mol. The lowest BCUT2D eigenvalue weighted by atomic mass is 10.0. The molecular weight excluding hydrogens is 247 g/mol. The molecule has 3 rings (SSSR count). The van der Waals surface area contributed by atoms with Gasteiger partial charge < -0.3 is 14.9 Å². The van der Waals surface area contributed by atoms with Crippen molar-refractivity contribution in [2.24, 2.45) is 0 Å². The van der Waals surface area contributed by atoms with E-state index < -0.39 is 0 Å². The van der Waals surface area contributed by atoms with Crippen LogP contribution in [0.3, 0.4) is 0 Å². The molecule has 0 saturated heterocycles. The molecule has 0 aliphatic carbocycles. The number of ether oxygens (including phenoxy) is 1. The summed E-state index contributed by atoms with van der Waals surface area (Å²) in [5.74, 6) is 1.17. The molecule has 1 aliphatic rings. The van der Waals surface area contributed by atoms with Gasteiger partial charge in [-0.2, -0.15) is 0 Å². The fraction of sp³-hybridized carbons (Fsp3) is 0.143. The summed E-state index contributed by atoms with van der Waals surface area (Å²) < 4.78 is 5.81. The Morgan fingerprint density at radius 1 is 0.889 bits per heavy atom. The quantitative estimate of drug-likeness (QED) is 0.565. The lowest BCUT2D eigenvalue weighted by Gasteiger charge is -2.10. The highest BCUT2D eigenvalue weighted by atomic mass is 31.0. The summed E-state index contributed by atoms with van der Waals surface area (Å²) in [6.45, 7) is 0. The lowest BCUT2D eigenvalue weighted by molar-refractivity contribution is 0.397. The van der Waals surface area contributed by atoms with Crippen molar-refractivity contribution in [1.82, 2.24) is 0 Å². The van der Waals surface area contributed by atoms with Crippen LogP contribution in [0.15, 0.2) is 30.3 Å². The van der Waals surface area contributed by atoms with E-state index in [0.717, 1.165) is 35.0 Å². The summed E-state index contributed by atoms with van der Waals surface area (Å²) in [4.78, 5) is 0. The van der Waals surface area contributed by atoms with Gasteiger partial charge in [-0.05, 0) is 47.5 Å². The second kappa shape index (κ2) is 4.18. The summed E-state index contributed by atoms with van der Waals surface area (Å²) in [5.41, 5.74) is 2.05. The number of benzene rings is 2. The SMILES string of the molecule is Oc1cc2c(cc1O)Oc1ccc(P)cc1CC2. The molecule has 0 radical (unpaired) electrons. The van der Waals surface area contributed by atoms with Crippen molar-refractivity contribution < 1.29 is 14.9 Å². The molecule has 3 nitrogen and oxygen atoms in total. The molecule has 0 saturated carbocycles. The fourth-order valence-corrected chi connectivity index (χ4v) is 2.47. The van der Waals surface area contributed by atoms with Gasteiger partial charge in [0.1, 0.15) is 11.5 Å². The van der Waals surface area contributed by atoms with Crippen LogP contribution in [-0.4, -0.2) is 10.2 Å². The topological polar surface area (TPSA) is 49.7 Å². The molecular formula is C14H13O3P. The predicted octanol–water partition coefficient (Wildman–Crippen LogP) is 2.49. The maximum Gasteiger partial charge on any atom is 0.161 e. The number of aryl methyl sites for hydroxylation is 2. The number of hydrogen-bond donors (Lipinski definition) is 2. The zero-order chi connectivity index (χ0) is 12.7. The van der Waals surface area contributed by atoms with Crippen LogP contribution in [0, 0.1) is 0 Å². The van der Waals surface area contributed by atoms with Crippen molar-refractivity contribution in [3.05, 3.63) is 41.5 Å². The Balaban J connectivity index is 2.09. The maximum atomic E-state index is 9.53. The Bertz CT molecular complexity index is 623. The van der Waals surface area contributed by atoms with Crippen LogP contribution in [0.1, 0.15) is 11.1 Å². The van der Waals surface area contributed by atoms with Crippen molar-refractivity contribution in [2.45, 2.75) is 12.8 Å². The minimum absolute atomic E-state index is 0.102. The van der Waals surface area contributed by atoms with Crippen LogP contribution in [0.5, 0.6) is 23.0 Å². The molecule has 0 amide bonds. The minimum atomic E-state index is -0.153. The zero-order valence-electron chi connectivity index (χ0n) is 9.68. The minimum Gasteiger partial charge on any atom is -0.504 e. The maximum absolute atomic E-state index is 9.53. The highest BCUT2D eigenvalue weighted by Gasteiger charge is 2.17. The first-order valence-electron chi connectivity index (χ1n) is 5.74. The first-order chi connectivity index (χ1) is 8.63. The van der Waals surface area contributed by atoms with E-state index in [2.05, 4.69) is 15.3 Å². The average Bonchev–Trinajstić information content (AvgIpc) is 2.50. The Hall–Kier alpha value is -1.73. The molecule has 18 heavy (non-hydrogen) atoms. The van der Waals surface area contributed by atoms with E-state index >= 15 is 0 Å². The second-order valence-electron chi connectivity index (χ2n) is 4.42. The van der Waals surface area contributed by atoms with Crippen LogP contribution < -0.4 is 10.0 Å². The fourth-order valence-electron chi connectivity index (χ4n) is 2.17. The first-order valence-corrected chi connectivity index (χ1v) is 6.32. The van der Waals surface area contributed by atoms with E-state index in [1.807, 2.05) is 12.1 Å². The third kappa shape index (κ3) is 1.91. The largest absolute Gasteiger partial charge is 0.504 e. The molecule has 0 spiro atoms. The van der Waals surface area contributed by atoms with E-state index in [9.17, 15) is 10.2 Å². The summed E-state index contributed by atoms with van der Waals surface area (Å²) in [7, 11) is 2.67. The van der Waals surface area contributed by atoms with Crippen LogP contribution >= 0.6 is 9.24 Å². The molecule has 4 heteroatoms. The number of hydrogen-bond acceptors (Lipinski definition) is 3. The predicted molar refractivity (Wildman–Crippen MR) is 73.0 cm³/mol. The van der Waals surface area contributed by atoms with Gasteiger partial charge in [0.15, 0.2) is 11.5 Å². The molecule has 1 heterocycles. The molecule has 2 N–H and O–H groups in total. The van der Waals surface area contributed by atoms with Crippen LogP contribution in [0.2, 0.25) is 0 Å². The van der Waals surface area contributed by atoms with Crippen LogP contribution in [-0.2, 0) is 12.8 Å². The summed E-state index contributed by atoms with van der Waals surface area (Å²) >= 11 is 0. The molecule has 0 bridgehead atoms. The molecule has 2 aromatic rings. The van der Waals surface area contributed by atoms with Gasteiger partial charge in [-0.15, -0.1) is 9.24 Å². The van der Waals surface area contributed by atoms with E-state index in [0.29, 0.717) is 5.75 Å². The van der Waals surface area contributed by atoms with Crippen molar-refractivity contribution in [3.8, 4) is 23.0 Å². The third-order valence-electron chi connectivity index (χ3n) is 3.13. The van der Waals surface area contributed by atoms with E-state index in [-0.39, 0.29) is 11.5 Å². The first kappa shape index (κ1) is 11.4. The number of phenols is 2. The van der Waals surface area contributed by atoms with Gasteiger partial charge in [0.05, 0.1) is 0 Å². The highest BCUT2D eigenvalue weighted by Crippen LogP contribution is 2.39. The molecule has 0 aromatic heterocycles. The van der Waals surface area contributed by atoms with Crippen LogP contribution in [0.25, 0.3) is 0 Å². The molecule has 92 valence electrons. The lowest BCUT2D eigenvalue weighted by Crippen LogP contribution is -1.96. The normalized spacial score (nSPS) is 13.2. The number of fused-ring (bicyclic) bond motifs is 2. The summed E-state index contributed by atoms with van der Waals surface area (Å²) in [6.07, 6.45) is 1.64. The van der Waals surface area contributed by atoms with Gasteiger partial charge in [0.2, 0.25) is 0 Å². The van der Waals surface area contributed by atoms with E-state index in [1.54, 1.807) is 6.07 Å². The molecule has 0 fully saturated rings. The number of phenolic OH excluding ortho intramolecular Hbond substituents is 2. The van der Waals surface area contributed by atoms with Crippen molar-refractivity contribution >= 4 is 14.5 Å². The Morgan fingerprint density at radius 2 is 1.56 bits per heavy atom. The summed E-state index contributed by atoms with van der Waals surface area (Å²) in [5, 5.41) is 20.2. The summed E-state index contributed by atoms with van der Waals surface area (Å²) in [6, 6.07) is 9.00. The molecule has 1 aliphatic heterocycles. The highest BCUT2D eigenvalue weighted by molar-refractivity contribution is 7.27. The Morgan fingerprint density at radius 3 is 2.33 bits per heavy atom. The number of rotatable bonds is 0. The van der Waals surface area contributed by atoms with E-state index in [1.165, 1.54) is 6.07 Å². The zero-order valence-corrected chi connectivity index (χ0v) is 10.8. The standard InChI is InChI=1S/C14H13O3P/c15-11-6-9-2-1-8-5-10(18)3-4-13(8)17-14(9)7-12(11)16/h3-7,15-16H,1-2,18H2. The smallest absolute Gasteiger partial charge is 0.161 e. The van der Waals surface area contributed by atoms with Gasteiger partial charge in [-0.3, -0.25) is 0 Å². The van der Waals surface area contributed by atoms with Gasteiger partial charge in [-0.1, -0.05) is 6.07 Å². The molecule has 1 unspecified atom stereocenters. The van der Waals surface area contributed by atoms with Gasteiger partial charge in [0, 0.05) is 6.07 Å². The van der Waals surface area contributed by atoms with Crippen molar-refractivity contribution in [3.63, 3.8) is 0 Å². The second-order valence-corrected chi connectivity index (χ2v) is 5.08. The molecule has 1 atom stereocenters. The Kier molecular flexibility index (Phi) is 2.64. The van der Waals surface area contributed by atoms with Gasteiger partial charge in [-0.25, -0.2) is 0 Å². The van der Waals surface area contributed by atoms with Crippen LogP contribution in [0.4, 0.5) is 0 Å². The van der Waals surface area contributed by atoms with Crippen molar-refractivity contribution in [2.75, 3.05) is 0 Å². The number of aromatic hydroxyl groups is 2. The molecule has 2 aromatic carbocycles. The third-order valence-corrected chi connectivity index (χ3v) is 3.48. The van der Waals surface area contributed by atoms with Gasteiger partial charge in [0.25, 0.3) is 0 Å². The van der Waals surface area contributed by atoms with E-state index in [4.69, 9.17) is 4.74 Å². The average molecular weight is 260 g/mol.